The Hall–Kier alpha value is -1.92. The van der Waals surface area contributed by atoms with Crippen molar-refractivity contribution in [1.29, 1.82) is 0 Å². The predicted molar refractivity (Wildman–Crippen MR) is 110 cm³/mol. The molecule has 1 aromatic heterocycles. The van der Waals surface area contributed by atoms with Crippen molar-refractivity contribution in [2.45, 2.75) is 19.8 Å². The number of para-hydroxylation sites is 1. The average Bonchev–Trinajstić information content (AvgIpc) is 2.57. The molecule has 0 aliphatic heterocycles. The van der Waals surface area contributed by atoms with Crippen LogP contribution in [0.3, 0.4) is 0 Å². The molecule has 6 heteroatoms. The zero-order valence-electron chi connectivity index (χ0n) is 13.8. The highest BCUT2D eigenvalue weighted by molar-refractivity contribution is 9.11. The van der Waals surface area contributed by atoms with Crippen molar-refractivity contribution in [3.63, 3.8) is 0 Å². The highest BCUT2D eigenvalue weighted by atomic mass is 79.9. The molecular formula is C19H17Br2N3O. The second kappa shape index (κ2) is 7.54. The van der Waals surface area contributed by atoms with Gasteiger partial charge in [0.25, 0.3) is 0 Å². The van der Waals surface area contributed by atoms with Gasteiger partial charge in [-0.1, -0.05) is 32.0 Å². The van der Waals surface area contributed by atoms with Crippen molar-refractivity contribution in [3.05, 3.63) is 63.0 Å². The Labute approximate surface area is 163 Å². The number of nitrogens with zero attached hydrogens (tertiary/aromatic N) is 1. The number of halogens is 2. The number of carbonyl (C=O) groups excluding carboxylic acids is 1. The van der Waals surface area contributed by atoms with E-state index in [1.165, 1.54) is 5.56 Å². The lowest BCUT2D eigenvalue weighted by molar-refractivity contribution is 0.262. The van der Waals surface area contributed by atoms with Crippen LogP contribution in [0.25, 0.3) is 10.9 Å². The molecule has 0 saturated carbocycles. The summed E-state index contributed by atoms with van der Waals surface area (Å²) < 4.78 is 1.65. The Morgan fingerprint density at radius 3 is 2.36 bits per heavy atom. The van der Waals surface area contributed by atoms with Crippen LogP contribution in [0.5, 0.6) is 0 Å². The summed E-state index contributed by atoms with van der Waals surface area (Å²) in [7, 11) is 0. The van der Waals surface area contributed by atoms with Gasteiger partial charge >= 0.3 is 6.03 Å². The van der Waals surface area contributed by atoms with Gasteiger partial charge < -0.3 is 5.32 Å². The number of fused-ring (bicyclic) bond motifs is 1. The Kier molecular flexibility index (Phi) is 5.39. The number of urea groups is 1. The number of rotatable bonds is 3. The van der Waals surface area contributed by atoms with Gasteiger partial charge in [0, 0.05) is 14.3 Å². The number of anilines is 2. The molecular weight excluding hydrogens is 446 g/mol. The first kappa shape index (κ1) is 17.9. The molecule has 4 nitrogen and oxygen atoms in total. The molecule has 0 fully saturated rings. The number of hydrogen-bond acceptors (Lipinski definition) is 2. The Balaban J connectivity index is 1.78. The van der Waals surface area contributed by atoms with E-state index in [-0.39, 0.29) is 6.03 Å². The van der Waals surface area contributed by atoms with E-state index in [0.29, 0.717) is 17.4 Å². The van der Waals surface area contributed by atoms with Gasteiger partial charge in [-0.15, -0.1) is 0 Å². The van der Waals surface area contributed by atoms with E-state index in [4.69, 9.17) is 0 Å². The molecule has 0 radical (unpaired) electrons. The molecule has 0 aliphatic rings. The molecule has 1 heterocycles. The van der Waals surface area contributed by atoms with E-state index in [1.807, 2.05) is 42.5 Å². The van der Waals surface area contributed by atoms with Gasteiger partial charge in [0.05, 0.1) is 11.2 Å². The Morgan fingerprint density at radius 2 is 1.68 bits per heavy atom. The minimum atomic E-state index is -0.346. The van der Waals surface area contributed by atoms with Gasteiger partial charge in [0.2, 0.25) is 0 Å². The lowest BCUT2D eigenvalue weighted by atomic mass is 10.0. The minimum Gasteiger partial charge on any atom is -0.306 e. The molecule has 2 amide bonds. The standard InChI is InChI=1S/C19H17Br2N3O/c1-11(2)13-9-14(20)18(15(21)10-13)24-19(25)23-17-8-7-12-5-3-4-6-16(12)22-17/h3-11H,1-2H3,(H2,22,23,24,25). The zero-order chi connectivity index (χ0) is 18.0. The molecule has 2 N–H and O–H groups in total. The first-order valence-electron chi connectivity index (χ1n) is 7.87. The van der Waals surface area contributed by atoms with Crippen LogP contribution >= 0.6 is 31.9 Å². The van der Waals surface area contributed by atoms with Gasteiger partial charge in [-0.05, 0) is 73.7 Å². The lowest BCUT2D eigenvalue weighted by Gasteiger charge is -2.14. The molecule has 2 aromatic carbocycles. The van der Waals surface area contributed by atoms with Crippen molar-refractivity contribution < 1.29 is 4.79 Å². The predicted octanol–water partition coefficient (Wildman–Crippen LogP) is 6.53. The van der Waals surface area contributed by atoms with Gasteiger partial charge in [-0.2, -0.15) is 0 Å². The molecule has 0 aliphatic carbocycles. The second-order valence-electron chi connectivity index (χ2n) is 5.98. The summed E-state index contributed by atoms with van der Waals surface area (Å²) in [4.78, 5) is 16.8. The maximum atomic E-state index is 12.3. The quantitative estimate of drug-likeness (QED) is 0.465. The lowest BCUT2D eigenvalue weighted by Crippen LogP contribution is -2.20. The van der Waals surface area contributed by atoms with Crippen molar-refractivity contribution in [1.82, 2.24) is 4.98 Å². The van der Waals surface area contributed by atoms with Gasteiger partial charge in [0.1, 0.15) is 5.82 Å². The maximum absolute atomic E-state index is 12.3. The number of carbonyl (C=O) groups is 1. The molecule has 128 valence electrons. The first-order valence-corrected chi connectivity index (χ1v) is 9.45. The second-order valence-corrected chi connectivity index (χ2v) is 7.69. The third-order valence-electron chi connectivity index (χ3n) is 3.81. The zero-order valence-corrected chi connectivity index (χ0v) is 17.0. The summed E-state index contributed by atoms with van der Waals surface area (Å²) in [6, 6.07) is 15.2. The molecule has 3 rings (SSSR count). The summed E-state index contributed by atoms with van der Waals surface area (Å²) >= 11 is 7.05. The van der Waals surface area contributed by atoms with E-state index in [2.05, 4.69) is 61.3 Å². The summed E-state index contributed by atoms with van der Waals surface area (Å²) in [5.41, 5.74) is 2.70. The fraction of sp³-hybridized carbons (Fsp3) is 0.158. The van der Waals surface area contributed by atoms with Crippen LogP contribution in [0, 0.1) is 0 Å². The number of aromatic nitrogens is 1. The molecule has 3 aromatic rings. The maximum Gasteiger partial charge on any atom is 0.324 e. The summed E-state index contributed by atoms with van der Waals surface area (Å²) in [5.74, 6) is 0.902. The van der Waals surface area contributed by atoms with E-state index in [0.717, 1.165) is 19.8 Å². The van der Waals surface area contributed by atoms with Crippen molar-refractivity contribution in [3.8, 4) is 0 Å². The number of hydrogen-bond donors (Lipinski definition) is 2. The number of benzene rings is 2. The number of pyridine rings is 1. The fourth-order valence-electron chi connectivity index (χ4n) is 2.44. The van der Waals surface area contributed by atoms with Crippen molar-refractivity contribution in [2.75, 3.05) is 10.6 Å². The molecule has 0 unspecified atom stereocenters. The fourth-order valence-corrected chi connectivity index (χ4v) is 3.86. The smallest absolute Gasteiger partial charge is 0.306 e. The van der Waals surface area contributed by atoms with Gasteiger partial charge in [0.15, 0.2) is 0 Å². The van der Waals surface area contributed by atoms with E-state index < -0.39 is 0 Å². The van der Waals surface area contributed by atoms with Crippen LogP contribution in [0.4, 0.5) is 16.3 Å². The molecule has 0 spiro atoms. The third kappa shape index (κ3) is 4.19. The van der Waals surface area contributed by atoms with E-state index >= 15 is 0 Å². The summed E-state index contributed by atoms with van der Waals surface area (Å²) in [5, 5.41) is 6.66. The highest BCUT2D eigenvalue weighted by Gasteiger charge is 2.13. The van der Waals surface area contributed by atoms with Crippen LogP contribution in [-0.4, -0.2) is 11.0 Å². The first-order chi connectivity index (χ1) is 11.9. The molecule has 0 saturated heterocycles. The number of nitrogens with one attached hydrogen (secondary N) is 2. The normalized spacial score (nSPS) is 10.9. The molecule has 0 bridgehead atoms. The Morgan fingerprint density at radius 1 is 1.00 bits per heavy atom. The summed E-state index contributed by atoms with van der Waals surface area (Å²) in [6.07, 6.45) is 0. The highest BCUT2D eigenvalue weighted by Crippen LogP contribution is 2.34. The largest absolute Gasteiger partial charge is 0.324 e. The Bertz CT molecular complexity index is 918. The van der Waals surface area contributed by atoms with Crippen LogP contribution < -0.4 is 10.6 Å². The van der Waals surface area contributed by atoms with Gasteiger partial charge in [-0.3, -0.25) is 5.32 Å². The van der Waals surface area contributed by atoms with Crippen LogP contribution in [0.1, 0.15) is 25.3 Å². The van der Waals surface area contributed by atoms with Crippen LogP contribution in [-0.2, 0) is 0 Å². The summed E-state index contributed by atoms with van der Waals surface area (Å²) in [6.45, 7) is 4.25. The third-order valence-corrected chi connectivity index (χ3v) is 5.06. The average molecular weight is 463 g/mol. The van der Waals surface area contributed by atoms with Gasteiger partial charge in [-0.25, -0.2) is 9.78 Å². The van der Waals surface area contributed by atoms with E-state index in [9.17, 15) is 4.79 Å². The monoisotopic (exact) mass is 461 g/mol. The minimum absolute atomic E-state index is 0.346. The number of amides is 2. The van der Waals surface area contributed by atoms with Crippen LogP contribution in [0.2, 0.25) is 0 Å². The van der Waals surface area contributed by atoms with Crippen LogP contribution in [0.15, 0.2) is 57.5 Å². The molecule has 0 atom stereocenters. The van der Waals surface area contributed by atoms with E-state index in [1.54, 1.807) is 6.07 Å². The topological polar surface area (TPSA) is 54.0 Å². The molecule has 25 heavy (non-hydrogen) atoms. The van der Waals surface area contributed by atoms with Crippen molar-refractivity contribution in [2.24, 2.45) is 0 Å². The van der Waals surface area contributed by atoms with Crippen molar-refractivity contribution >= 4 is 60.3 Å². The SMILES string of the molecule is CC(C)c1cc(Br)c(NC(=O)Nc2ccc3ccccc3n2)c(Br)c1.